The van der Waals surface area contributed by atoms with Crippen molar-refractivity contribution in [3.05, 3.63) is 63.6 Å². The zero-order valence-electron chi connectivity index (χ0n) is 12.6. The SMILES string of the molecule is CC(CO)NC(=O)c1ccccc1OCc1ccc(Cl)cc1Cl. The van der Waals surface area contributed by atoms with E-state index in [-0.39, 0.29) is 25.2 Å². The molecule has 1 atom stereocenters. The maximum absolute atomic E-state index is 12.2. The summed E-state index contributed by atoms with van der Waals surface area (Å²) >= 11 is 12.0. The van der Waals surface area contributed by atoms with Crippen molar-refractivity contribution >= 4 is 29.1 Å². The van der Waals surface area contributed by atoms with Crippen LogP contribution in [0, 0.1) is 0 Å². The highest BCUT2D eigenvalue weighted by Crippen LogP contribution is 2.24. The number of ether oxygens (including phenoxy) is 1. The first-order valence-electron chi connectivity index (χ1n) is 7.08. The van der Waals surface area contributed by atoms with Gasteiger partial charge in [-0.25, -0.2) is 0 Å². The van der Waals surface area contributed by atoms with Gasteiger partial charge in [0.15, 0.2) is 0 Å². The predicted molar refractivity (Wildman–Crippen MR) is 91.3 cm³/mol. The van der Waals surface area contributed by atoms with E-state index in [1.54, 1.807) is 49.4 Å². The monoisotopic (exact) mass is 353 g/mol. The van der Waals surface area contributed by atoms with Gasteiger partial charge in [-0.15, -0.1) is 0 Å². The lowest BCUT2D eigenvalue weighted by molar-refractivity contribution is 0.0918. The molecule has 6 heteroatoms. The van der Waals surface area contributed by atoms with Gasteiger partial charge in [-0.1, -0.05) is 41.4 Å². The molecule has 0 aromatic heterocycles. The Bertz CT molecular complexity index is 691. The van der Waals surface area contributed by atoms with E-state index in [0.717, 1.165) is 5.56 Å². The van der Waals surface area contributed by atoms with E-state index < -0.39 is 0 Å². The molecule has 0 aliphatic rings. The predicted octanol–water partition coefficient (Wildman–Crippen LogP) is 3.68. The van der Waals surface area contributed by atoms with E-state index >= 15 is 0 Å². The summed E-state index contributed by atoms with van der Waals surface area (Å²) in [5.41, 5.74) is 1.17. The molecule has 0 aliphatic heterocycles. The van der Waals surface area contributed by atoms with E-state index in [0.29, 0.717) is 21.4 Å². The van der Waals surface area contributed by atoms with Crippen LogP contribution in [0.1, 0.15) is 22.8 Å². The number of aliphatic hydroxyl groups excluding tert-OH is 1. The second-order valence-electron chi connectivity index (χ2n) is 5.08. The molecule has 2 aromatic rings. The molecule has 0 aliphatic carbocycles. The number of halogens is 2. The van der Waals surface area contributed by atoms with Crippen LogP contribution in [0.15, 0.2) is 42.5 Å². The third-order valence-corrected chi connectivity index (χ3v) is 3.77. The molecule has 4 nitrogen and oxygen atoms in total. The molecule has 0 heterocycles. The summed E-state index contributed by atoms with van der Waals surface area (Å²) in [6.45, 7) is 1.81. The summed E-state index contributed by atoms with van der Waals surface area (Å²) in [7, 11) is 0. The van der Waals surface area contributed by atoms with Crippen LogP contribution < -0.4 is 10.1 Å². The van der Waals surface area contributed by atoms with Crippen LogP contribution >= 0.6 is 23.2 Å². The number of hydrogen-bond acceptors (Lipinski definition) is 3. The number of hydrogen-bond donors (Lipinski definition) is 2. The van der Waals surface area contributed by atoms with Crippen LogP contribution in [-0.2, 0) is 6.61 Å². The third kappa shape index (κ3) is 4.86. The second-order valence-corrected chi connectivity index (χ2v) is 5.92. The third-order valence-electron chi connectivity index (χ3n) is 3.18. The van der Waals surface area contributed by atoms with Crippen LogP contribution in [0.4, 0.5) is 0 Å². The Morgan fingerprint density at radius 3 is 2.70 bits per heavy atom. The molecule has 0 saturated carbocycles. The van der Waals surface area contributed by atoms with E-state index in [2.05, 4.69) is 5.32 Å². The van der Waals surface area contributed by atoms with Gasteiger partial charge < -0.3 is 15.2 Å². The minimum Gasteiger partial charge on any atom is -0.488 e. The molecule has 122 valence electrons. The highest BCUT2D eigenvalue weighted by Gasteiger charge is 2.14. The summed E-state index contributed by atoms with van der Waals surface area (Å²) in [4.78, 5) is 12.2. The van der Waals surface area contributed by atoms with Gasteiger partial charge in [0, 0.05) is 21.7 Å². The van der Waals surface area contributed by atoms with Crippen molar-refractivity contribution in [3.63, 3.8) is 0 Å². The van der Waals surface area contributed by atoms with Crippen LogP contribution in [0.5, 0.6) is 5.75 Å². The van der Waals surface area contributed by atoms with Crippen molar-refractivity contribution < 1.29 is 14.6 Å². The maximum atomic E-state index is 12.2. The van der Waals surface area contributed by atoms with Gasteiger partial charge in [0.1, 0.15) is 12.4 Å². The molecule has 2 aromatic carbocycles. The number of aliphatic hydroxyl groups is 1. The Morgan fingerprint density at radius 2 is 2.00 bits per heavy atom. The fourth-order valence-corrected chi connectivity index (χ4v) is 2.38. The average molecular weight is 354 g/mol. The number of benzene rings is 2. The van der Waals surface area contributed by atoms with Gasteiger partial charge in [-0.05, 0) is 31.2 Å². The van der Waals surface area contributed by atoms with Crippen molar-refractivity contribution in [2.75, 3.05) is 6.61 Å². The van der Waals surface area contributed by atoms with E-state index in [1.165, 1.54) is 0 Å². The van der Waals surface area contributed by atoms with E-state index in [4.69, 9.17) is 33.0 Å². The van der Waals surface area contributed by atoms with Crippen molar-refractivity contribution in [2.24, 2.45) is 0 Å². The van der Waals surface area contributed by atoms with Crippen molar-refractivity contribution in [2.45, 2.75) is 19.6 Å². The topological polar surface area (TPSA) is 58.6 Å². The number of nitrogens with one attached hydrogen (secondary N) is 1. The lowest BCUT2D eigenvalue weighted by Crippen LogP contribution is -2.35. The normalized spacial score (nSPS) is 11.8. The lowest BCUT2D eigenvalue weighted by atomic mass is 10.1. The molecule has 0 fully saturated rings. The molecule has 0 saturated heterocycles. The first-order chi connectivity index (χ1) is 11.0. The molecular weight excluding hydrogens is 337 g/mol. The quantitative estimate of drug-likeness (QED) is 0.832. The van der Waals surface area contributed by atoms with E-state index in [9.17, 15) is 4.79 Å². The van der Waals surface area contributed by atoms with Gasteiger partial charge in [0.2, 0.25) is 0 Å². The van der Waals surface area contributed by atoms with E-state index in [1.807, 2.05) is 0 Å². The van der Waals surface area contributed by atoms with Crippen LogP contribution in [0.2, 0.25) is 10.0 Å². The van der Waals surface area contributed by atoms with Gasteiger partial charge in [0.25, 0.3) is 5.91 Å². The highest BCUT2D eigenvalue weighted by molar-refractivity contribution is 6.35. The van der Waals surface area contributed by atoms with Gasteiger partial charge in [-0.3, -0.25) is 4.79 Å². The first kappa shape index (κ1) is 17.6. The summed E-state index contributed by atoms with van der Waals surface area (Å²) < 4.78 is 5.73. The molecule has 1 unspecified atom stereocenters. The summed E-state index contributed by atoms with van der Waals surface area (Å²) in [6.07, 6.45) is 0. The Kier molecular flexibility index (Phi) is 6.28. The van der Waals surface area contributed by atoms with Crippen molar-refractivity contribution in [1.82, 2.24) is 5.32 Å². The van der Waals surface area contributed by atoms with Crippen LogP contribution in [-0.4, -0.2) is 23.7 Å². The summed E-state index contributed by atoms with van der Waals surface area (Å²) in [5.74, 6) is 0.144. The molecule has 2 rings (SSSR count). The summed E-state index contributed by atoms with van der Waals surface area (Å²) in [6, 6.07) is 11.7. The summed E-state index contributed by atoms with van der Waals surface area (Å²) in [5, 5.41) is 12.8. The maximum Gasteiger partial charge on any atom is 0.255 e. The Labute approximate surface area is 145 Å². The molecule has 0 radical (unpaired) electrons. The number of carbonyl (C=O) groups excluding carboxylic acids is 1. The second kappa shape index (κ2) is 8.20. The van der Waals surface area contributed by atoms with Crippen molar-refractivity contribution in [3.8, 4) is 5.75 Å². The molecular formula is C17H17Cl2NO3. The molecule has 2 N–H and O–H groups in total. The largest absolute Gasteiger partial charge is 0.488 e. The van der Waals surface area contributed by atoms with Crippen molar-refractivity contribution in [1.29, 1.82) is 0 Å². The fraction of sp³-hybridized carbons (Fsp3) is 0.235. The van der Waals surface area contributed by atoms with Crippen LogP contribution in [0.3, 0.4) is 0 Å². The number of para-hydroxylation sites is 1. The minimum atomic E-state index is -0.332. The highest BCUT2D eigenvalue weighted by atomic mass is 35.5. The van der Waals surface area contributed by atoms with Gasteiger partial charge >= 0.3 is 0 Å². The Balaban J connectivity index is 2.12. The van der Waals surface area contributed by atoms with Gasteiger partial charge in [-0.2, -0.15) is 0 Å². The van der Waals surface area contributed by atoms with Crippen LogP contribution in [0.25, 0.3) is 0 Å². The lowest BCUT2D eigenvalue weighted by Gasteiger charge is -2.14. The first-order valence-corrected chi connectivity index (χ1v) is 7.84. The minimum absolute atomic E-state index is 0.130. The Hall–Kier alpha value is -1.75. The number of carbonyl (C=O) groups is 1. The number of rotatable bonds is 6. The zero-order chi connectivity index (χ0) is 16.8. The molecule has 0 spiro atoms. The zero-order valence-corrected chi connectivity index (χ0v) is 14.1. The average Bonchev–Trinajstić information content (AvgIpc) is 2.54. The number of amides is 1. The molecule has 1 amide bonds. The molecule has 23 heavy (non-hydrogen) atoms. The smallest absolute Gasteiger partial charge is 0.255 e. The fourth-order valence-electron chi connectivity index (χ4n) is 1.92. The Morgan fingerprint density at radius 1 is 1.26 bits per heavy atom. The van der Waals surface area contributed by atoms with Gasteiger partial charge in [0.05, 0.1) is 12.2 Å². The molecule has 0 bridgehead atoms. The standard InChI is InChI=1S/C17H17Cl2NO3/c1-11(9-21)20-17(22)14-4-2-3-5-16(14)23-10-12-6-7-13(18)8-15(12)19/h2-8,11,21H,9-10H2,1H3,(H,20,22).